The second-order valence-electron chi connectivity index (χ2n) is 2.83. The van der Waals surface area contributed by atoms with E-state index in [1.807, 2.05) is 19.1 Å². The van der Waals surface area contributed by atoms with Crippen molar-refractivity contribution >= 4 is 15.9 Å². The summed E-state index contributed by atoms with van der Waals surface area (Å²) < 4.78 is 5.41. The van der Waals surface area contributed by atoms with Gasteiger partial charge >= 0.3 is 0 Å². The van der Waals surface area contributed by atoms with Crippen molar-refractivity contribution in [1.82, 2.24) is 0 Å². The van der Waals surface area contributed by atoms with Crippen molar-refractivity contribution in [3.05, 3.63) is 23.7 Å². The third kappa shape index (κ3) is 3.10. The van der Waals surface area contributed by atoms with E-state index in [4.69, 9.17) is 4.42 Å². The van der Waals surface area contributed by atoms with Crippen LogP contribution in [0, 0.1) is 6.92 Å². The number of halogens is 1. The number of rotatable bonds is 3. The quantitative estimate of drug-likeness (QED) is 0.708. The smallest absolute Gasteiger partial charge is 0.104 e. The molecule has 0 bridgehead atoms. The van der Waals surface area contributed by atoms with Crippen LogP contribution >= 0.6 is 15.9 Å². The van der Waals surface area contributed by atoms with Crippen molar-refractivity contribution in [1.29, 1.82) is 0 Å². The van der Waals surface area contributed by atoms with Crippen molar-refractivity contribution in [2.45, 2.75) is 31.5 Å². The van der Waals surface area contributed by atoms with E-state index in [2.05, 4.69) is 22.9 Å². The molecule has 0 aliphatic heterocycles. The zero-order valence-electron chi connectivity index (χ0n) is 6.93. The summed E-state index contributed by atoms with van der Waals surface area (Å²) in [5.41, 5.74) is 0. The summed E-state index contributed by atoms with van der Waals surface area (Å²) in [5, 5.41) is 0. The first kappa shape index (κ1) is 8.85. The molecule has 0 aliphatic rings. The molecule has 0 aliphatic carbocycles. The molecule has 1 nitrogen and oxygen atoms in total. The highest BCUT2D eigenvalue weighted by molar-refractivity contribution is 9.09. The van der Waals surface area contributed by atoms with Gasteiger partial charge in [0.25, 0.3) is 0 Å². The fraction of sp³-hybridized carbons (Fsp3) is 0.556. The van der Waals surface area contributed by atoms with Crippen molar-refractivity contribution < 1.29 is 4.42 Å². The summed E-state index contributed by atoms with van der Waals surface area (Å²) in [6, 6.07) is 4.05. The molecule has 1 rings (SSSR count). The largest absolute Gasteiger partial charge is 0.466 e. The number of hydrogen-bond donors (Lipinski definition) is 0. The molecule has 0 radical (unpaired) electrons. The Morgan fingerprint density at radius 2 is 2.27 bits per heavy atom. The Kier molecular flexibility index (Phi) is 3.18. The third-order valence-electron chi connectivity index (χ3n) is 1.58. The van der Waals surface area contributed by atoms with Crippen LogP contribution in [-0.2, 0) is 6.42 Å². The predicted octanol–water partition coefficient (Wildman–Crippen LogP) is 3.30. The lowest BCUT2D eigenvalue weighted by molar-refractivity contribution is 0.477. The van der Waals surface area contributed by atoms with Crippen molar-refractivity contribution in [3.63, 3.8) is 0 Å². The van der Waals surface area contributed by atoms with Crippen LogP contribution in [-0.4, -0.2) is 4.83 Å². The molecule has 0 N–H and O–H groups in total. The van der Waals surface area contributed by atoms with Gasteiger partial charge in [-0.05, 0) is 25.5 Å². The Balaban J connectivity index is 2.39. The molecular weight excluding hydrogens is 204 g/mol. The Morgan fingerprint density at radius 1 is 1.55 bits per heavy atom. The molecule has 1 aromatic heterocycles. The third-order valence-corrected chi connectivity index (χ3v) is 2.04. The molecule has 1 heterocycles. The summed E-state index contributed by atoms with van der Waals surface area (Å²) in [6.07, 6.45) is 2.16. The molecule has 0 amide bonds. The second-order valence-corrected chi connectivity index (χ2v) is 4.39. The summed E-state index contributed by atoms with van der Waals surface area (Å²) in [4.78, 5) is 0.577. The standard InChI is InChI=1S/C9H13BrO/c1-7(10)3-5-9-6-4-8(2)11-9/h4,6-7H,3,5H2,1-2H3. The number of aryl methyl sites for hydroxylation is 2. The predicted molar refractivity (Wildman–Crippen MR) is 50.2 cm³/mol. The van der Waals surface area contributed by atoms with E-state index in [0.29, 0.717) is 4.83 Å². The van der Waals surface area contributed by atoms with Gasteiger partial charge in [-0.2, -0.15) is 0 Å². The first-order valence-electron chi connectivity index (χ1n) is 3.88. The van der Waals surface area contributed by atoms with Crippen LogP contribution in [0.1, 0.15) is 24.9 Å². The van der Waals surface area contributed by atoms with Gasteiger partial charge in [0.1, 0.15) is 11.5 Å². The Bertz CT molecular complexity index is 215. The summed E-state index contributed by atoms with van der Waals surface area (Å²) in [5.74, 6) is 2.09. The SMILES string of the molecule is Cc1ccc(CCC(C)Br)o1. The van der Waals surface area contributed by atoms with E-state index in [9.17, 15) is 0 Å². The van der Waals surface area contributed by atoms with E-state index in [1.165, 1.54) is 0 Å². The van der Waals surface area contributed by atoms with Crippen LogP contribution in [0.15, 0.2) is 16.5 Å². The molecule has 0 aromatic carbocycles. The highest BCUT2D eigenvalue weighted by Gasteiger charge is 2.00. The highest BCUT2D eigenvalue weighted by Crippen LogP contribution is 2.12. The van der Waals surface area contributed by atoms with Crippen molar-refractivity contribution in [2.24, 2.45) is 0 Å². The van der Waals surface area contributed by atoms with Crippen LogP contribution in [0.4, 0.5) is 0 Å². The van der Waals surface area contributed by atoms with E-state index in [-0.39, 0.29) is 0 Å². The summed E-state index contributed by atoms with van der Waals surface area (Å²) in [6.45, 7) is 4.12. The van der Waals surface area contributed by atoms with Crippen LogP contribution in [0.25, 0.3) is 0 Å². The molecule has 0 saturated carbocycles. The van der Waals surface area contributed by atoms with E-state index in [1.54, 1.807) is 0 Å². The van der Waals surface area contributed by atoms with Gasteiger partial charge in [-0.15, -0.1) is 0 Å². The molecule has 0 fully saturated rings. The Hall–Kier alpha value is -0.240. The maximum atomic E-state index is 5.41. The van der Waals surface area contributed by atoms with Crippen LogP contribution < -0.4 is 0 Å². The Labute approximate surface area is 75.9 Å². The van der Waals surface area contributed by atoms with Crippen molar-refractivity contribution in [2.75, 3.05) is 0 Å². The van der Waals surface area contributed by atoms with Crippen LogP contribution in [0.2, 0.25) is 0 Å². The van der Waals surface area contributed by atoms with Crippen molar-refractivity contribution in [3.8, 4) is 0 Å². The van der Waals surface area contributed by atoms with Crippen LogP contribution in [0.3, 0.4) is 0 Å². The molecule has 0 saturated heterocycles. The minimum Gasteiger partial charge on any atom is -0.466 e. The zero-order valence-corrected chi connectivity index (χ0v) is 8.52. The second kappa shape index (κ2) is 3.96. The zero-order chi connectivity index (χ0) is 8.27. The summed E-state index contributed by atoms with van der Waals surface area (Å²) in [7, 11) is 0. The molecule has 0 spiro atoms. The molecule has 1 atom stereocenters. The lowest BCUT2D eigenvalue weighted by Gasteiger charge is -1.98. The lowest BCUT2D eigenvalue weighted by Crippen LogP contribution is -1.92. The summed E-state index contributed by atoms with van der Waals surface area (Å²) >= 11 is 3.50. The molecule has 2 heteroatoms. The fourth-order valence-electron chi connectivity index (χ4n) is 0.961. The molecule has 1 aromatic rings. The average Bonchev–Trinajstić information content (AvgIpc) is 2.31. The van der Waals surface area contributed by atoms with Crippen LogP contribution in [0.5, 0.6) is 0 Å². The molecule has 11 heavy (non-hydrogen) atoms. The Morgan fingerprint density at radius 3 is 2.73 bits per heavy atom. The number of alkyl halides is 1. The van der Waals surface area contributed by atoms with E-state index < -0.39 is 0 Å². The molecule has 1 unspecified atom stereocenters. The van der Waals surface area contributed by atoms with E-state index in [0.717, 1.165) is 24.4 Å². The lowest BCUT2D eigenvalue weighted by atomic mass is 10.2. The van der Waals surface area contributed by atoms with Gasteiger partial charge in [-0.1, -0.05) is 22.9 Å². The minimum absolute atomic E-state index is 0.577. The van der Waals surface area contributed by atoms with Gasteiger partial charge in [0.15, 0.2) is 0 Å². The van der Waals surface area contributed by atoms with Gasteiger partial charge in [0.05, 0.1) is 0 Å². The average molecular weight is 217 g/mol. The molecule has 62 valence electrons. The molecular formula is C9H13BrO. The van der Waals surface area contributed by atoms with Gasteiger partial charge in [0.2, 0.25) is 0 Å². The van der Waals surface area contributed by atoms with Gasteiger partial charge < -0.3 is 4.42 Å². The number of furan rings is 1. The maximum Gasteiger partial charge on any atom is 0.104 e. The maximum absolute atomic E-state index is 5.41. The number of hydrogen-bond acceptors (Lipinski definition) is 1. The fourth-order valence-corrected chi connectivity index (χ4v) is 1.19. The normalized spacial score (nSPS) is 13.4. The monoisotopic (exact) mass is 216 g/mol. The topological polar surface area (TPSA) is 13.1 Å². The highest BCUT2D eigenvalue weighted by atomic mass is 79.9. The van der Waals surface area contributed by atoms with Gasteiger partial charge in [-0.25, -0.2) is 0 Å². The van der Waals surface area contributed by atoms with Gasteiger partial charge in [-0.3, -0.25) is 0 Å². The van der Waals surface area contributed by atoms with Gasteiger partial charge in [0, 0.05) is 11.2 Å². The first-order valence-corrected chi connectivity index (χ1v) is 4.79. The van der Waals surface area contributed by atoms with E-state index >= 15 is 0 Å². The first-order chi connectivity index (χ1) is 5.18. The minimum atomic E-state index is 0.577.